The van der Waals surface area contributed by atoms with E-state index >= 15 is 0 Å². The van der Waals surface area contributed by atoms with Crippen LogP contribution < -0.4 is 0 Å². The molecule has 0 rings (SSSR count). The van der Waals surface area contributed by atoms with E-state index in [2.05, 4.69) is 55.4 Å². The third-order valence-corrected chi connectivity index (χ3v) is 17.3. The Balaban J connectivity index is 5.25. The maximum atomic E-state index is 13.0. The summed E-state index contributed by atoms with van der Waals surface area (Å²) in [4.78, 5) is 72.3. The van der Waals surface area contributed by atoms with Crippen molar-refractivity contribution in [3.8, 4) is 0 Å². The van der Waals surface area contributed by atoms with Crippen molar-refractivity contribution in [2.45, 2.75) is 337 Å². The van der Waals surface area contributed by atoms with Crippen molar-refractivity contribution in [3.05, 3.63) is 0 Å². The van der Waals surface area contributed by atoms with Crippen LogP contribution in [-0.4, -0.2) is 96.7 Å². The molecule has 0 aromatic carbocycles. The number of aliphatic hydroxyl groups excluding tert-OH is 1. The number of aliphatic hydroxyl groups is 1. The van der Waals surface area contributed by atoms with Gasteiger partial charge in [-0.2, -0.15) is 0 Å². The maximum Gasteiger partial charge on any atom is 0.472 e. The van der Waals surface area contributed by atoms with Gasteiger partial charge in [0.05, 0.1) is 26.4 Å². The van der Waals surface area contributed by atoms with Crippen molar-refractivity contribution >= 4 is 39.5 Å². The molecule has 0 amide bonds. The number of unbranched alkanes of at least 4 members (excludes halogenated alkanes) is 28. The maximum absolute atomic E-state index is 13.0. The standard InChI is InChI=1S/C66H128O17P2/c1-9-59(8)45-37-29-24-25-33-41-49-66(71)83-62(53-77-64(69)47-39-31-22-16-14-19-27-35-43-57(4)5)55-81-85(74,75)79-51-60(67)50-78-84(72,73)80-54-61(82-65(70)48-40-32-23-17-15-20-28-36-44-58(6)7)52-76-63(68)46-38-30-21-13-11-10-12-18-26-34-42-56(2)3/h56-62,67H,9-55H2,1-8H3,(H,72,73)(H,74,75)/t59?,60?,61-,62-/m1/s1. The SMILES string of the molecule is CCC(C)CCCCCCCCC(=O)O[C@H](COC(=O)CCCCCCCCCCC(C)C)COP(=O)(O)OCC(O)COP(=O)(O)OC[C@@H](COC(=O)CCCCCCCCCCCCC(C)C)OC(=O)CCCCCCCCCCC(C)C. The molecule has 0 aromatic rings. The summed E-state index contributed by atoms with van der Waals surface area (Å²) < 4.78 is 68.1. The van der Waals surface area contributed by atoms with E-state index in [1.807, 2.05) is 0 Å². The van der Waals surface area contributed by atoms with Gasteiger partial charge >= 0.3 is 39.5 Å². The highest BCUT2D eigenvalue weighted by molar-refractivity contribution is 7.47. The van der Waals surface area contributed by atoms with Crippen LogP contribution in [0.2, 0.25) is 0 Å². The van der Waals surface area contributed by atoms with Gasteiger partial charge in [-0.1, -0.05) is 267 Å². The van der Waals surface area contributed by atoms with E-state index in [1.165, 1.54) is 122 Å². The molecule has 0 heterocycles. The van der Waals surface area contributed by atoms with Crippen LogP contribution in [0.25, 0.3) is 0 Å². The highest BCUT2D eigenvalue weighted by Gasteiger charge is 2.30. The van der Waals surface area contributed by atoms with Gasteiger partial charge in [-0.3, -0.25) is 37.3 Å². The molecule has 504 valence electrons. The average molecular weight is 1260 g/mol. The first-order valence-corrected chi connectivity index (χ1v) is 37.2. The summed E-state index contributed by atoms with van der Waals surface area (Å²) in [6, 6.07) is 0. The Morgan fingerprint density at radius 2 is 0.565 bits per heavy atom. The van der Waals surface area contributed by atoms with Gasteiger partial charge in [0.1, 0.15) is 19.3 Å². The zero-order valence-electron chi connectivity index (χ0n) is 55.2. The van der Waals surface area contributed by atoms with Crippen LogP contribution in [0.4, 0.5) is 0 Å². The number of ether oxygens (including phenoxy) is 4. The van der Waals surface area contributed by atoms with E-state index in [0.29, 0.717) is 25.7 Å². The lowest BCUT2D eigenvalue weighted by Gasteiger charge is -2.21. The average Bonchev–Trinajstić information content (AvgIpc) is 3.61. The fraction of sp³-hybridized carbons (Fsp3) is 0.939. The smallest absolute Gasteiger partial charge is 0.462 e. The molecule has 85 heavy (non-hydrogen) atoms. The van der Waals surface area contributed by atoms with Crippen molar-refractivity contribution in [1.29, 1.82) is 0 Å². The molecule has 0 bridgehead atoms. The van der Waals surface area contributed by atoms with Gasteiger partial charge in [0, 0.05) is 25.7 Å². The Kier molecular flexibility index (Phi) is 54.8. The quantitative estimate of drug-likeness (QED) is 0.0222. The zero-order valence-corrected chi connectivity index (χ0v) is 57.0. The highest BCUT2D eigenvalue weighted by Crippen LogP contribution is 2.45. The van der Waals surface area contributed by atoms with Crippen LogP contribution in [0.15, 0.2) is 0 Å². The molecule has 0 aliphatic heterocycles. The number of hydrogen-bond donors (Lipinski definition) is 3. The Morgan fingerprint density at radius 1 is 0.329 bits per heavy atom. The predicted octanol–water partition coefficient (Wildman–Crippen LogP) is 18.1. The lowest BCUT2D eigenvalue weighted by atomic mass is 10.00. The molecule has 0 spiro atoms. The van der Waals surface area contributed by atoms with Crippen molar-refractivity contribution in [2.24, 2.45) is 23.7 Å². The molecule has 0 aliphatic carbocycles. The number of phosphoric acid groups is 2. The largest absolute Gasteiger partial charge is 0.472 e. The lowest BCUT2D eigenvalue weighted by molar-refractivity contribution is -0.161. The van der Waals surface area contributed by atoms with E-state index < -0.39 is 97.5 Å². The van der Waals surface area contributed by atoms with E-state index in [0.717, 1.165) is 114 Å². The lowest BCUT2D eigenvalue weighted by Crippen LogP contribution is -2.30. The normalized spacial score (nSPS) is 14.7. The second-order valence-corrected chi connectivity index (χ2v) is 28.4. The molecular weight excluding hydrogens is 1130 g/mol. The summed E-state index contributed by atoms with van der Waals surface area (Å²) >= 11 is 0. The number of phosphoric ester groups is 2. The molecule has 0 aromatic heterocycles. The summed E-state index contributed by atoms with van der Waals surface area (Å²) in [6.45, 7) is 14.0. The number of carbonyl (C=O) groups excluding carboxylic acids is 4. The molecule has 0 radical (unpaired) electrons. The minimum Gasteiger partial charge on any atom is -0.462 e. The van der Waals surface area contributed by atoms with Gasteiger partial charge in [0.25, 0.3) is 0 Å². The molecule has 0 saturated heterocycles. The molecule has 3 N–H and O–H groups in total. The van der Waals surface area contributed by atoms with Gasteiger partial charge in [-0.15, -0.1) is 0 Å². The van der Waals surface area contributed by atoms with Crippen molar-refractivity contribution in [2.75, 3.05) is 39.6 Å². The number of carbonyl (C=O) groups is 4. The van der Waals surface area contributed by atoms with E-state index in [-0.39, 0.29) is 25.7 Å². The monoisotopic (exact) mass is 1250 g/mol. The molecular formula is C66H128O17P2. The third-order valence-electron chi connectivity index (χ3n) is 15.4. The minimum absolute atomic E-state index is 0.102. The zero-order chi connectivity index (χ0) is 63.2. The Hall–Kier alpha value is -1.94. The fourth-order valence-corrected chi connectivity index (χ4v) is 11.3. The molecule has 0 saturated carbocycles. The summed E-state index contributed by atoms with van der Waals surface area (Å²) in [5.74, 6) is 0.784. The Bertz CT molecular complexity index is 1700. The van der Waals surface area contributed by atoms with Crippen LogP contribution in [0.5, 0.6) is 0 Å². The molecule has 4 unspecified atom stereocenters. The van der Waals surface area contributed by atoms with Gasteiger partial charge < -0.3 is 33.8 Å². The van der Waals surface area contributed by atoms with E-state index in [4.69, 9.17) is 37.0 Å². The molecule has 0 fully saturated rings. The topological polar surface area (TPSA) is 237 Å². The Morgan fingerprint density at radius 3 is 0.835 bits per heavy atom. The van der Waals surface area contributed by atoms with Gasteiger partial charge in [0.15, 0.2) is 12.2 Å². The summed E-state index contributed by atoms with van der Waals surface area (Å²) in [6.07, 6.45) is 36.3. The third kappa shape index (κ3) is 59.5. The van der Waals surface area contributed by atoms with Crippen molar-refractivity contribution in [3.63, 3.8) is 0 Å². The summed E-state index contributed by atoms with van der Waals surface area (Å²) in [5.41, 5.74) is 0. The van der Waals surface area contributed by atoms with Gasteiger partial charge in [0.2, 0.25) is 0 Å². The van der Waals surface area contributed by atoms with Gasteiger partial charge in [-0.25, -0.2) is 9.13 Å². The molecule has 0 aliphatic rings. The van der Waals surface area contributed by atoms with E-state index in [9.17, 15) is 43.2 Å². The van der Waals surface area contributed by atoms with Crippen LogP contribution in [0.1, 0.15) is 319 Å². The summed E-state index contributed by atoms with van der Waals surface area (Å²) in [5, 5.41) is 10.5. The first kappa shape index (κ1) is 83.1. The second-order valence-electron chi connectivity index (χ2n) is 25.5. The first-order valence-electron chi connectivity index (χ1n) is 34.2. The minimum atomic E-state index is -4.95. The molecule has 19 heteroatoms. The fourth-order valence-electron chi connectivity index (χ4n) is 9.75. The second kappa shape index (κ2) is 56.1. The predicted molar refractivity (Wildman–Crippen MR) is 340 cm³/mol. The van der Waals surface area contributed by atoms with Crippen LogP contribution in [0.3, 0.4) is 0 Å². The van der Waals surface area contributed by atoms with Crippen LogP contribution in [-0.2, 0) is 65.4 Å². The van der Waals surface area contributed by atoms with Crippen molar-refractivity contribution in [1.82, 2.24) is 0 Å². The van der Waals surface area contributed by atoms with Crippen LogP contribution in [0, 0.1) is 23.7 Å². The number of hydrogen-bond acceptors (Lipinski definition) is 15. The number of esters is 4. The number of rotatable bonds is 63. The van der Waals surface area contributed by atoms with Crippen LogP contribution >= 0.6 is 15.6 Å². The van der Waals surface area contributed by atoms with Crippen molar-refractivity contribution < 1.29 is 80.2 Å². The Labute approximate surface area is 517 Å². The molecule has 17 nitrogen and oxygen atoms in total. The highest BCUT2D eigenvalue weighted by atomic mass is 31.2. The molecule has 6 atom stereocenters. The van der Waals surface area contributed by atoms with E-state index in [1.54, 1.807) is 0 Å². The summed E-state index contributed by atoms with van der Waals surface area (Å²) in [7, 11) is -9.89. The van der Waals surface area contributed by atoms with Gasteiger partial charge in [-0.05, 0) is 49.4 Å². The first-order chi connectivity index (χ1) is 40.6.